The quantitative estimate of drug-likeness (QED) is 0.610. The molecule has 7 heteroatoms. The van der Waals surface area contributed by atoms with Crippen LogP contribution in [0.4, 0.5) is 15.8 Å². The average molecular weight is 390 g/mol. The van der Waals surface area contributed by atoms with Gasteiger partial charge in [-0.25, -0.2) is 4.39 Å². The van der Waals surface area contributed by atoms with Gasteiger partial charge >= 0.3 is 5.97 Å². The fourth-order valence-electron chi connectivity index (χ4n) is 3.03. The van der Waals surface area contributed by atoms with E-state index in [4.69, 9.17) is 16.3 Å². The van der Waals surface area contributed by atoms with E-state index in [-0.39, 0.29) is 18.4 Å². The van der Waals surface area contributed by atoms with Crippen LogP contribution in [-0.4, -0.2) is 31.4 Å². The molecule has 1 aliphatic rings. The molecule has 2 aromatic carbocycles. The minimum atomic E-state index is -0.918. The third-order valence-electron chi connectivity index (χ3n) is 4.59. The number of hydrogen-bond donors (Lipinski definition) is 1. The number of nitrogens with zero attached hydrogens (tertiary/aromatic N) is 2. The molecule has 5 nitrogen and oxygen atoms in total. The number of anilines is 2. The molecular weight excluding hydrogens is 369 g/mol. The molecule has 27 heavy (non-hydrogen) atoms. The van der Waals surface area contributed by atoms with Crippen LogP contribution in [0.5, 0.6) is 0 Å². The lowest BCUT2D eigenvalue weighted by atomic mass is 9.88. The summed E-state index contributed by atoms with van der Waals surface area (Å²) in [6.07, 6.45) is 0. The zero-order valence-corrected chi connectivity index (χ0v) is 16.0. The molecule has 0 bridgehead atoms. The topological polar surface area (TPSA) is 53.9 Å². The Morgan fingerprint density at radius 2 is 2.00 bits per heavy atom. The van der Waals surface area contributed by atoms with Gasteiger partial charge in [-0.2, -0.15) is 5.10 Å². The molecule has 1 N–H and O–H groups in total. The summed E-state index contributed by atoms with van der Waals surface area (Å²) in [5.74, 6) is -0.644. The fraction of sp³-hybridized carbons (Fsp3) is 0.300. The molecule has 3 rings (SSSR count). The molecule has 142 valence electrons. The number of hydrazone groups is 1. The molecule has 0 saturated carbocycles. The Morgan fingerprint density at radius 3 is 2.67 bits per heavy atom. The van der Waals surface area contributed by atoms with Gasteiger partial charge in [0.15, 0.2) is 0 Å². The van der Waals surface area contributed by atoms with Gasteiger partial charge in [0.1, 0.15) is 11.2 Å². The second-order valence-corrected chi connectivity index (χ2v) is 6.94. The summed E-state index contributed by atoms with van der Waals surface area (Å²) in [5.41, 5.74) is 4.13. The standard InChI is InChI=1S/C20H21ClFN3O2/c1-3-27-19(26)20(2)13-25(15-10-8-14(22)9-11-15)12-18(20)24-23-17-7-5-4-6-16(17)21/h4-11,23H,3,12-13H2,1-2H3/b24-18+. The predicted octanol–water partition coefficient (Wildman–Crippen LogP) is 4.34. The highest BCUT2D eigenvalue weighted by atomic mass is 35.5. The molecule has 0 amide bonds. The smallest absolute Gasteiger partial charge is 0.319 e. The van der Waals surface area contributed by atoms with Crippen molar-refractivity contribution in [3.8, 4) is 0 Å². The number of carbonyl (C=O) groups is 1. The Bertz CT molecular complexity index is 857. The Morgan fingerprint density at radius 1 is 1.30 bits per heavy atom. The van der Waals surface area contributed by atoms with Gasteiger partial charge in [0, 0.05) is 12.2 Å². The first-order valence-corrected chi connectivity index (χ1v) is 9.07. The van der Waals surface area contributed by atoms with Crippen molar-refractivity contribution in [2.45, 2.75) is 13.8 Å². The van der Waals surface area contributed by atoms with E-state index >= 15 is 0 Å². The van der Waals surface area contributed by atoms with Crippen molar-refractivity contribution >= 4 is 34.7 Å². The summed E-state index contributed by atoms with van der Waals surface area (Å²) in [5, 5.41) is 5.00. The highest BCUT2D eigenvalue weighted by molar-refractivity contribution is 6.33. The molecule has 0 radical (unpaired) electrons. The lowest BCUT2D eigenvalue weighted by Gasteiger charge is -2.23. The number of carbonyl (C=O) groups excluding carboxylic acids is 1. The summed E-state index contributed by atoms with van der Waals surface area (Å²) >= 11 is 6.16. The third-order valence-corrected chi connectivity index (χ3v) is 4.92. The number of ether oxygens (including phenoxy) is 1. The Balaban J connectivity index is 1.90. The van der Waals surface area contributed by atoms with E-state index in [9.17, 15) is 9.18 Å². The molecule has 1 heterocycles. The highest BCUT2D eigenvalue weighted by Crippen LogP contribution is 2.33. The largest absolute Gasteiger partial charge is 0.465 e. The van der Waals surface area contributed by atoms with Crippen molar-refractivity contribution in [3.05, 3.63) is 59.4 Å². The Kier molecular flexibility index (Phi) is 5.65. The molecule has 0 aliphatic carbocycles. The van der Waals surface area contributed by atoms with Crippen LogP contribution in [0.25, 0.3) is 0 Å². The molecule has 1 aliphatic heterocycles. The summed E-state index contributed by atoms with van der Waals surface area (Å²) < 4.78 is 18.5. The molecular formula is C20H21ClFN3O2. The number of hydrogen-bond acceptors (Lipinski definition) is 5. The molecule has 1 fully saturated rings. The normalized spacial score (nSPS) is 20.7. The van der Waals surface area contributed by atoms with Gasteiger partial charge in [0.25, 0.3) is 0 Å². The second-order valence-electron chi connectivity index (χ2n) is 6.54. The van der Waals surface area contributed by atoms with E-state index in [0.29, 0.717) is 29.5 Å². The van der Waals surface area contributed by atoms with Crippen LogP contribution in [0.3, 0.4) is 0 Å². The molecule has 1 unspecified atom stereocenters. The number of benzene rings is 2. The van der Waals surface area contributed by atoms with Crippen LogP contribution in [0, 0.1) is 11.2 Å². The van der Waals surface area contributed by atoms with Crippen LogP contribution in [0.15, 0.2) is 53.6 Å². The molecule has 0 aromatic heterocycles. The van der Waals surface area contributed by atoms with E-state index in [1.54, 1.807) is 31.2 Å². The number of rotatable bonds is 5. The van der Waals surface area contributed by atoms with Gasteiger partial charge in [-0.1, -0.05) is 23.7 Å². The van der Waals surface area contributed by atoms with E-state index in [1.165, 1.54) is 12.1 Å². The monoisotopic (exact) mass is 389 g/mol. The molecule has 1 saturated heterocycles. The van der Waals surface area contributed by atoms with Gasteiger partial charge in [0.05, 0.1) is 29.6 Å². The number of esters is 1. The zero-order chi connectivity index (χ0) is 19.4. The van der Waals surface area contributed by atoms with Crippen LogP contribution in [0.1, 0.15) is 13.8 Å². The zero-order valence-electron chi connectivity index (χ0n) is 15.2. The van der Waals surface area contributed by atoms with Crippen LogP contribution >= 0.6 is 11.6 Å². The van der Waals surface area contributed by atoms with Crippen molar-refractivity contribution in [1.29, 1.82) is 0 Å². The van der Waals surface area contributed by atoms with Crippen molar-refractivity contribution in [3.63, 3.8) is 0 Å². The van der Waals surface area contributed by atoms with E-state index in [2.05, 4.69) is 10.5 Å². The van der Waals surface area contributed by atoms with Gasteiger partial charge in [-0.05, 0) is 50.2 Å². The van der Waals surface area contributed by atoms with Crippen molar-refractivity contribution in [1.82, 2.24) is 0 Å². The van der Waals surface area contributed by atoms with E-state index < -0.39 is 5.41 Å². The van der Waals surface area contributed by atoms with Gasteiger partial charge in [0.2, 0.25) is 0 Å². The number of para-hydroxylation sites is 1. The summed E-state index contributed by atoms with van der Waals surface area (Å²) in [4.78, 5) is 14.6. The minimum absolute atomic E-state index is 0.288. The van der Waals surface area contributed by atoms with E-state index in [0.717, 1.165) is 5.69 Å². The molecule has 2 aromatic rings. The fourth-order valence-corrected chi connectivity index (χ4v) is 3.21. The summed E-state index contributed by atoms with van der Waals surface area (Å²) in [6, 6.07) is 13.4. The first-order chi connectivity index (χ1) is 12.9. The minimum Gasteiger partial charge on any atom is -0.465 e. The lowest BCUT2D eigenvalue weighted by molar-refractivity contribution is -0.149. The van der Waals surface area contributed by atoms with Crippen molar-refractivity contribution in [2.75, 3.05) is 30.0 Å². The van der Waals surface area contributed by atoms with Crippen molar-refractivity contribution in [2.24, 2.45) is 10.5 Å². The van der Waals surface area contributed by atoms with Gasteiger partial charge in [-0.3, -0.25) is 10.2 Å². The highest BCUT2D eigenvalue weighted by Gasteiger charge is 2.47. The summed E-state index contributed by atoms with van der Waals surface area (Å²) in [6.45, 7) is 4.67. The Hall–Kier alpha value is -2.60. The maximum absolute atomic E-state index is 13.2. The predicted molar refractivity (Wildman–Crippen MR) is 106 cm³/mol. The van der Waals surface area contributed by atoms with Crippen LogP contribution in [0.2, 0.25) is 5.02 Å². The van der Waals surface area contributed by atoms with Crippen LogP contribution < -0.4 is 10.3 Å². The maximum Gasteiger partial charge on any atom is 0.319 e. The number of nitrogens with one attached hydrogen (secondary N) is 1. The molecule has 1 atom stereocenters. The van der Waals surface area contributed by atoms with Crippen molar-refractivity contribution < 1.29 is 13.9 Å². The average Bonchev–Trinajstić information content (AvgIpc) is 3.00. The SMILES string of the molecule is CCOC(=O)C1(C)CN(c2ccc(F)cc2)C/C1=N\Nc1ccccc1Cl. The maximum atomic E-state index is 13.2. The summed E-state index contributed by atoms with van der Waals surface area (Å²) in [7, 11) is 0. The second kappa shape index (κ2) is 7.96. The van der Waals surface area contributed by atoms with Gasteiger partial charge in [-0.15, -0.1) is 0 Å². The Labute approximate surface area is 162 Å². The van der Waals surface area contributed by atoms with Crippen LogP contribution in [-0.2, 0) is 9.53 Å². The first kappa shape index (κ1) is 19.2. The van der Waals surface area contributed by atoms with Gasteiger partial charge < -0.3 is 9.64 Å². The third kappa shape index (κ3) is 4.06. The lowest BCUT2D eigenvalue weighted by Crippen LogP contribution is -2.38. The molecule has 0 spiro atoms. The van der Waals surface area contributed by atoms with E-state index in [1.807, 2.05) is 24.0 Å². The number of halogens is 2. The first-order valence-electron chi connectivity index (χ1n) is 8.69.